The van der Waals surface area contributed by atoms with Gasteiger partial charge in [-0.3, -0.25) is 9.59 Å². The predicted octanol–water partition coefficient (Wildman–Crippen LogP) is 5.83. The Bertz CT molecular complexity index is 1630. The van der Waals surface area contributed by atoms with Crippen LogP contribution in [-0.4, -0.2) is 55.0 Å². The maximum absolute atomic E-state index is 12.9. The van der Waals surface area contributed by atoms with Crippen LogP contribution in [0.4, 0.5) is 0 Å². The fraction of sp³-hybridized carbons (Fsp3) is 0.485. The second-order valence-electron chi connectivity index (χ2n) is 12.2. The first-order chi connectivity index (χ1) is 19.4. The summed E-state index contributed by atoms with van der Waals surface area (Å²) in [6, 6.07) is 13.1. The van der Waals surface area contributed by atoms with Crippen LogP contribution in [0.15, 0.2) is 36.4 Å². The van der Waals surface area contributed by atoms with E-state index in [1.807, 2.05) is 17.9 Å². The molecule has 0 atom stereocenters. The highest BCUT2D eigenvalue weighted by Crippen LogP contribution is 2.40. The van der Waals surface area contributed by atoms with Crippen molar-refractivity contribution >= 4 is 33.6 Å². The van der Waals surface area contributed by atoms with Crippen molar-refractivity contribution in [3.05, 3.63) is 53.1 Å². The topological polar surface area (TPSA) is 80.4 Å². The number of carbonyl (C=O) groups excluding carboxylic acids is 2. The zero-order valence-corrected chi connectivity index (χ0v) is 23.5. The molecule has 3 aliphatic rings. The van der Waals surface area contributed by atoms with Crippen molar-refractivity contribution in [1.82, 2.24) is 19.0 Å². The van der Waals surface area contributed by atoms with Crippen molar-refractivity contribution in [1.29, 1.82) is 0 Å². The summed E-state index contributed by atoms with van der Waals surface area (Å²) in [5, 5.41) is 10.9. The molecule has 1 amide bonds. The smallest absolute Gasteiger partial charge is 0.225 e. The molecule has 7 heteroatoms. The van der Waals surface area contributed by atoms with E-state index >= 15 is 0 Å². The lowest BCUT2D eigenvalue weighted by atomic mass is 9.80. The molecule has 0 spiro atoms. The molecule has 2 fully saturated rings. The fourth-order valence-corrected chi connectivity index (χ4v) is 7.26. The highest BCUT2D eigenvalue weighted by atomic mass is 16.3. The van der Waals surface area contributed by atoms with E-state index in [0.29, 0.717) is 31.7 Å². The van der Waals surface area contributed by atoms with E-state index in [0.717, 1.165) is 79.0 Å². The van der Waals surface area contributed by atoms with Crippen molar-refractivity contribution in [2.24, 2.45) is 5.92 Å². The number of benzene rings is 2. The molecule has 4 heterocycles. The van der Waals surface area contributed by atoms with Gasteiger partial charge in [-0.1, -0.05) is 31.5 Å². The van der Waals surface area contributed by atoms with Crippen molar-refractivity contribution in [3.8, 4) is 11.5 Å². The second-order valence-corrected chi connectivity index (χ2v) is 12.2. The van der Waals surface area contributed by atoms with Crippen LogP contribution in [0, 0.1) is 12.8 Å². The van der Waals surface area contributed by atoms with Gasteiger partial charge in [0.15, 0.2) is 11.6 Å². The third-order valence-corrected chi connectivity index (χ3v) is 9.47. The molecule has 1 saturated carbocycles. The summed E-state index contributed by atoms with van der Waals surface area (Å²) in [6.45, 7) is 7.40. The van der Waals surface area contributed by atoms with Gasteiger partial charge in [0.05, 0.1) is 28.3 Å². The van der Waals surface area contributed by atoms with Crippen LogP contribution in [0.2, 0.25) is 0 Å². The average Bonchev–Trinajstić information content (AvgIpc) is 3.50. The number of para-hydroxylation sites is 1. The van der Waals surface area contributed by atoms with E-state index in [2.05, 4.69) is 46.4 Å². The van der Waals surface area contributed by atoms with Crippen molar-refractivity contribution in [2.75, 3.05) is 13.1 Å². The molecule has 0 radical (unpaired) electrons. The Kier molecular flexibility index (Phi) is 6.30. The summed E-state index contributed by atoms with van der Waals surface area (Å²) in [5.74, 6) is 1.79. The summed E-state index contributed by atoms with van der Waals surface area (Å²) in [6.07, 6.45) is 5.53. The number of aliphatic hydroxyl groups is 1. The Hall–Kier alpha value is -3.45. The van der Waals surface area contributed by atoms with Gasteiger partial charge >= 0.3 is 0 Å². The number of fused-ring (bicyclic) bond motifs is 1. The lowest BCUT2D eigenvalue weighted by Gasteiger charge is -2.38. The predicted molar refractivity (Wildman–Crippen MR) is 157 cm³/mol. The molecule has 1 aliphatic carbocycles. The van der Waals surface area contributed by atoms with Crippen LogP contribution in [0.1, 0.15) is 79.3 Å². The van der Waals surface area contributed by atoms with E-state index in [1.54, 1.807) is 0 Å². The van der Waals surface area contributed by atoms with Crippen molar-refractivity contribution in [3.63, 3.8) is 0 Å². The van der Waals surface area contributed by atoms with Gasteiger partial charge in [0.2, 0.25) is 5.91 Å². The molecular weight excluding hydrogens is 500 g/mol. The van der Waals surface area contributed by atoms with Crippen LogP contribution < -0.4 is 0 Å². The minimum absolute atomic E-state index is 0.00881. The standard InChI is InChI=1S/C33H38N4O3/c1-3-4-11-36-28(32-34-27-16-20(2)15-26-29(39)10-14-37(32)31(26)27)19-22-6-5-7-25(30(22)36)21-8-12-35(13-9-21)33(40)23-17-24(38)18-23/h5-7,15-16,19,21,23-24,38H,3-4,8-14,17-18H2,1-2H3. The molecule has 7 rings (SSSR count). The number of aryl methyl sites for hydroxylation is 3. The number of imidazole rings is 1. The number of amides is 1. The third-order valence-electron chi connectivity index (χ3n) is 9.47. The number of carbonyl (C=O) groups is 2. The minimum atomic E-state index is -0.299. The summed E-state index contributed by atoms with van der Waals surface area (Å²) in [5.41, 5.74) is 7.53. The monoisotopic (exact) mass is 538 g/mol. The molecule has 0 bridgehead atoms. The van der Waals surface area contributed by atoms with E-state index in [9.17, 15) is 14.7 Å². The fourth-order valence-electron chi connectivity index (χ4n) is 7.26. The number of piperidine rings is 1. The first-order valence-corrected chi connectivity index (χ1v) is 15.1. The Balaban J connectivity index is 1.28. The zero-order chi connectivity index (χ0) is 27.5. The highest BCUT2D eigenvalue weighted by Gasteiger charge is 2.37. The maximum atomic E-state index is 12.9. The number of hydrogen-bond donors (Lipinski definition) is 1. The highest BCUT2D eigenvalue weighted by molar-refractivity contribution is 6.08. The number of aliphatic hydroxyl groups excluding tert-OH is 1. The first-order valence-electron chi connectivity index (χ1n) is 15.1. The third kappa shape index (κ3) is 4.09. The summed E-state index contributed by atoms with van der Waals surface area (Å²) in [7, 11) is 0. The molecule has 0 unspecified atom stereocenters. The summed E-state index contributed by atoms with van der Waals surface area (Å²) >= 11 is 0. The number of ketones is 1. The number of hydrogen-bond acceptors (Lipinski definition) is 4. The van der Waals surface area contributed by atoms with Crippen LogP contribution in [-0.2, 0) is 17.9 Å². The van der Waals surface area contributed by atoms with Crippen molar-refractivity contribution < 1.29 is 14.7 Å². The molecule has 7 nitrogen and oxygen atoms in total. The number of rotatable bonds is 6. The number of nitrogens with zero attached hydrogens (tertiary/aromatic N) is 4. The number of Topliss-reactive ketones (excluding diaryl/α,β-unsaturated/α-hetero) is 1. The van der Waals surface area contributed by atoms with Gasteiger partial charge < -0.3 is 19.1 Å². The van der Waals surface area contributed by atoms with Gasteiger partial charge in [0.1, 0.15) is 0 Å². The Morgan fingerprint density at radius 1 is 1.07 bits per heavy atom. The lowest BCUT2D eigenvalue weighted by Crippen LogP contribution is -2.46. The quantitative estimate of drug-likeness (QED) is 0.335. The number of likely N-dealkylation sites (tertiary alicyclic amines) is 1. The van der Waals surface area contributed by atoms with Gasteiger partial charge in [0.25, 0.3) is 0 Å². The van der Waals surface area contributed by atoms with E-state index in [-0.39, 0.29) is 23.7 Å². The summed E-state index contributed by atoms with van der Waals surface area (Å²) < 4.78 is 4.75. The van der Waals surface area contributed by atoms with Gasteiger partial charge in [-0.05, 0) is 74.3 Å². The van der Waals surface area contributed by atoms with Crippen LogP contribution in [0.25, 0.3) is 33.5 Å². The molecule has 2 aliphatic heterocycles. The molecule has 1 saturated heterocycles. The van der Waals surface area contributed by atoms with Gasteiger partial charge in [-0.15, -0.1) is 0 Å². The van der Waals surface area contributed by atoms with Gasteiger partial charge in [-0.25, -0.2) is 4.98 Å². The van der Waals surface area contributed by atoms with Crippen molar-refractivity contribution in [2.45, 2.75) is 83.9 Å². The number of aromatic nitrogens is 3. The maximum Gasteiger partial charge on any atom is 0.225 e. The lowest BCUT2D eigenvalue weighted by molar-refractivity contribution is -0.143. The number of unbranched alkanes of at least 4 members (excludes halogenated alkanes) is 1. The average molecular weight is 539 g/mol. The van der Waals surface area contributed by atoms with Crippen LogP contribution >= 0.6 is 0 Å². The van der Waals surface area contributed by atoms with Crippen LogP contribution in [0.5, 0.6) is 0 Å². The molecule has 208 valence electrons. The normalized spacial score (nSPS) is 21.4. The van der Waals surface area contributed by atoms with Gasteiger partial charge in [0, 0.05) is 49.5 Å². The Morgan fingerprint density at radius 2 is 1.88 bits per heavy atom. The SMILES string of the molecule is CCCCn1c(-c2nc3cc(C)cc4c3n2CCC4=O)cc2cccc(C3CCN(C(=O)C4CC(O)C4)CC3)c21. The van der Waals surface area contributed by atoms with Crippen LogP contribution in [0.3, 0.4) is 0 Å². The van der Waals surface area contributed by atoms with E-state index in [4.69, 9.17) is 4.98 Å². The second kappa shape index (κ2) is 9.88. The molecule has 2 aromatic heterocycles. The molecule has 1 N–H and O–H groups in total. The molecule has 4 aromatic rings. The largest absolute Gasteiger partial charge is 0.393 e. The molecular formula is C33H38N4O3. The Labute approximate surface area is 234 Å². The Morgan fingerprint density at radius 3 is 2.62 bits per heavy atom. The summed E-state index contributed by atoms with van der Waals surface area (Å²) in [4.78, 5) is 32.9. The zero-order valence-electron chi connectivity index (χ0n) is 23.5. The molecule has 2 aromatic carbocycles. The van der Waals surface area contributed by atoms with Gasteiger partial charge in [-0.2, -0.15) is 0 Å². The van der Waals surface area contributed by atoms with E-state index < -0.39 is 0 Å². The minimum Gasteiger partial charge on any atom is -0.393 e. The van der Waals surface area contributed by atoms with E-state index in [1.165, 1.54) is 16.5 Å². The molecule has 40 heavy (non-hydrogen) atoms. The first kappa shape index (κ1) is 25.5.